The Morgan fingerprint density at radius 1 is 1.39 bits per heavy atom. The zero-order chi connectivity index (χ0) is 16.5. The highest BCUT2D eigenvalue weighted by Crippen LogP contribution is 2.15. The number of hydrogen-bond donors (Lipinski definition) is 2. The number of anilines is 1. The number of carbonyl (C=O) groups is 1. The summed E-state index contributed by atoms with van der Waals surface area (Å²) in [6, 6.07) is 5.91. The molecule has 6 heteroatoms. The number of halogens is 1. The van der Waals surface area contributed by atoms with Crippen molar-refractivity contribution in [3.05, 3.63) is 30.1 Å². The van der Waals surface area contributed by atoms with Gasteiger partial charge in [-0.25, -0.2) is 4.39 Å². The molecular formula is C17H25FN2O3. The number of rotatable bonds is 8. The summed E-state index contributed by atoms with van der Waals surface area (Å²) in [6.07, 6.45) is 3.25. The van der Waals surface area contributed by atoms with E-state index in [0.29, 0.717) is 31.7 Å². The molecule has 0 aromatic heterocycles. The molecule has 1 aliphatic heterocycles. The van der Waals surface area contributed by atoms with E-state index in [1.165, 1.54) is 12.1 Å². The standard InChI is InChI=1S/C17H25FN2O3/c18-14-3-1-4-15(13-14)19-17(22)7-10-20-8-5-16(6-9-20)23-12-2-11-21/h1,3-4,13,16,21H,2,5-12H2,(H,19,22). The molecule has 0 unspecified atom stereocenters. The number of nitrogens with zero attached hydrogens (tertiary/aromatic N) is 1. The monoisotopic (exact) mass is 324 g/mol. The number of carbonyl (C=O) groups excluding carboxylic acids is 1. The molecule has 1 saturated heterocycles. The molecule has 0 radical (unpaired) electrons. The molecule has 5 nitrogen and oxygen atoms in total. The van der Waals surface area contributed by atoms with Gasteiger partial charge in [0.2, 0.25) is 5.91 Å². The van der Waals surface area contributed by atoms with Gasteiger partial charge < -0.3 is 20.1 Å². The van der Waals surface area contributed by atoms with Crippen LogP contribution in [0, 0.1) is 5.82 Å². The van der Waals surface area contributed by atoms with Gasteiger partial charge in [-0.1, -0.05) is 6.07 Å². The average Bonchev–Trinajstić information content (AvgIpc) is 2.54. The van der Waals surface area contributed by atoms with Crippen LogP contribution in [0.4, 0.5) is 10.1 Å². The Balaban J connectivity index is 1.62. The van der Waals surface area contributed by atoms with Gasteiger partial charge in [0.15, 0.2) is 0 Å². The van der Waals surface area contributed by atoms with Crippen LogP contribution in [-0.4, -0.2) is 54.9 Å². The molecule has 0 spiro atoms. The van der Waals surface area contributed by atoms with Gasteiger partial charge in [0, 0.05) is 45.0 Å². The van der Waals surface area contributed by atoms with Crippen molar-refractivity contribution < 1.29 is 19.0 Å². The van der Waals surface area contributed by atoms with Crippen LogP contribution >= 0.6 is 0 Å². The number of ether oxygens (including phenoxy) is 1. The van der Waals surface area contributed by atoms with E-state index in [0.717, 1.165) is 25.9 Å². The minimum Gasteiger partial charge on any atom is -0.396 e. The molecule has 0 saturated carbocycles. The van der Waals surface area contributed by atoms with E-state index < -0.39 is 0 Å². The minimum absolute atomic E-state index is 0.100. The van der Waals surface area contributed by atoms with Gasteiger partial charge in [-0.05, 0) is 37.5 Å². The van der Waals surface area contributed by atoms with E-state index in [-0.39, 0.29) is 24.4 Å². The summed E-state index contributed by atoms with van der Waals surface area (Å²) in [5.74, 6) is -0.456. The predicted molar refractivity (Wildman–Crippen MR) is 86.8 cm³/mol. The smallest absolute Gasteiger partial charge is 0.225 e. The van der Waals surface area contributed by atoms with E-state index in [1.807, 2.05) is 0 Å². The van der Waals surface area contributed by atoms with Crippen molar-refractivity contribution in [1.29, 1.82) is 0 Å². The zero-order valence-corrected chi connectivity index (χ0v) is 13.3. The average molecular weight is 324 g/mol. The first-order valence-corrected chi connectivity index (χ1v) is 8.17. The third-order valence-electron chi connectivity index (χ3n) is 3.95. The second-order valence-corrected chi connectivity index (χ2v) is 5.80. The summed E-state index contributed by atoms with van der Waals surface area (Å²) in [5.41, 5.74) is 0.492. The predicted octanol–water partition coefficient (Wildman–Crippen LogP) is 2.02. The van der Waals surface area contributed by atoms with Crippen LogP contribution in [0.1, 0.15) is 25.7 Å². The summed E-state index contributed by atoms with van der Waals surface area (Å²) < 4.78 is 18.7. The lowest BCUT2D eigenvalue weighted by atomic mass is 10.1. The van der Waals surface area contributed by atoms with Gasteiger partial charge in [0.25, 0.3) is 0 Å². The molecule has 2 rings (SSSR count). The number of nitrogens with one attached hydrogen (secondary N) is 1. The normalized spacial score (nSPS) is 16.4. The fourth-order valence-corrected chi connectivity index (χ4v) is 2.66. The molecule has 1 aromatic carbocycles. The molecule has 23 heavy (non-hydrogen) atoms. The van der Waals surface area contributed by atoms with E-state index in [2.05, 4.69) is 10.2 Å². The first kappa shape index (κ1) is 17.8. The first-order chi connectivity index (χ1) is 11.2. The van der Waals surface area contributed by atoms with Crippen molar-refractivity contribution >= 4 is 11.6 Å². The molecule has 128 valence electrons. The highest BCUT2D eigenvalue weighted by Gasteiger charge is 2.19. The largest absolute Gasteiger partial charge is 0.396 e. The van der Waals surface area contributed by atoms with Gasteiger partial charge in [0.1, 0.15) is 5.82 Å². The van der Waals surface area contributed by atoms with E-state index in [9.17, 15) is 9.18 Å². The van der Waals surface area contributed by atoms with Gasteiger partial charge in [-0.3, -0.25) is 4.79 Å². The van der Waals surface area contributed by atoms with Crippen LogP contribution in [0.3, 0.4) is 0 Å². The topological polar surface area (TPSA) is 61.8 Å². The molecule has 1 aliphatic rings. The summed E-state index contributed by atoms with van der Waals surface area (Å²) in [5, 5.41) is 11.4. The Morgan fingerprint density at radius 2 is 2.17 bits per heavy atom. The third-order valence-corrected chi connectivity index (χ3v) is 3.95. The molecule has 0 bridgehead atoms. The number of aliphatic hydroxyl groups is 1. The number of amides is 1. The second-order valence-electron chi connectivity index (χ2n) is 5.80. The molecule has 1 heterocycles. The van der Waals surface area contributed by atoms with Crippen LogP contribution in [-0.2, 0) is 9.53 Å². The van der Waals surface area contributed by atoms with E-state index in [4.69, 9.17) is 9.84 Å². The van der Waals surface area contributed by atoms with E-state index in [1.54, 1.807) is 12.1 Å². The molecule has 1 amide bonds. The van der Waals surface area contributed by atoms with Crippen LogP contribution in [0.15, 0.2) is 24.3 Å². The maximum Gasteiger partial charge on any atom is 0.225 e. The van der Waals surface area contributed by atoms with Crippen LogP contribution < -0.4 is 5.32 Å². The maximum absolute atomic E-state index is 13.1. The van der Waals surface area contributed by atoms with Crippen molar-refractivity contribution in [2.75, 3.05) is 38.2 Å². The quantitative estimate of drug-likeness (QED) is 0.718. The summed E-state index contributed by atoms with van der Waals surface area (Å²) >= 11 is 0. The Labute approximate surface area is 136 Å². The number of hydrogen-bond acceptors (Lipinski definition) is 4. The lowest BCUT2D eigenvalue weighted by Gasteiger charge is -2.31. The molecule has 0 aliphatic carbocycles. The molecule has 0 atom stereocenters. The number of piperidine rings is 1. The molecular weight excluding hydrogens is 299 g/mol. The highest BCUT2D eigenvalue weighted by atomic mass is 19.1. The fourth-order valence-electron chi connectivity index (χ4n) is 2.66. The van der Waals surface area contributed by atoms with Gasteiger partial charge in [-0.15, -0.1) is 0 Å². The lowest BCUT2D eigenvalue weighted by molar-refractivity contribution is -0.116. The van der Waals surface area contributed by atoms with Gasteiger partial charge in [-0.2, -0.15) is 0 Å². The Hall–Kier alpha value is -1.50. The van der Waals surface area contributed by atoms with Gasteiger partial charge >= 0.3 is 0 Å². The molecule has 1 fully saturated rings. The van der Waals surface area contributed by atoms with Crippen molar-refractivity contribution in [3.8, 4) is 0 Å². The van der Waals surface area contributed by atoms with Crippen LogP contribution in [0.2, 0.25) is 0 Å². The fraction of sp³-hybridized carbons (Fsp3) is 0.588. The van der Waals surface area contributed by atoms with Gasteiger partial charge in [0.05, 0.1) is 6.10 Å². The van der Waals surface area contributed by atoms with Crippen LogP contribution in [0.25, 0.3) is 0 Å². The van der Waals surface area contributed by atoms with Crippen molar-refractivity contribution in [2.45, 2.75) is 31.8 Å². The zero-order valence-electron chi connectivity index (χ0n) is 13.3. The summed E-state index contributed by atoms with van der Waals surface area (Å²) in [4.78, 5) is 14.1. The SMILES string of the molecule is O=C(CCN1CCC(OCCCO)CC1)Nc1cccc(F)c1. The van der Waals surface area contributed by atoms with Crippen molar-refractivity contribution in [2.24, 2.45) is 0 Å². The molecule has 2 N–H and O–H groups in total. The first-order valence-electron chi connectivity index (χ1n) is 8.17. The second kappa shape index (κ2) is 9.60. The highest BCUT2D eigenvalue weighted by molar-refractivity contribution is 5.90. The maximum atomic E-state index is 13.1. The lowest BCUT2D eigenvalue weighted by Crippen LogP contribution is -2.38. The van der Waals surface area contributed by atoms with E-state index >= 15 is 0 Å². The summed E-state index contributed by atoms with van der Waals surface area (Å²) in [7, 11) is 0. The number of likely N-dealkylation sites (tertiary alicyclic amines) is 1. The number of benzene rings is 1. The third kappa shape index (κ3) is 6.64. The van der Waals surface area contributed by atoms with Crippen molar-refractivity contribution in [3.63, 3.8) is 0 Å². The molecule has 1 aromatic rings. The summed E-state index contributed by atoms with van der Waals surface area (Å²) in [6.45, 7) is 3.30. The van der Waals surface area contributed by atoms with Crippen molar-refractivity contribution in [1.82, 2.24) is 4.90 Å². The minimum atomic E-state index is -0.355. The number of aliphatic hydroxyl groups excluding tert-OH is 1. The Kier molecular flexibility index (Phi) is 7.45. The Morgan fingerprint density at radius 3 is 2.87 bits per heavy atom. The van der Waals surface area contributed by atoms with Crippen LogP contribution in [0.5, 0.6) is 0 Å². The Bertz CT molecular complexity index is 490.